The van der Waals surface area contributed by atoms with Gasteiger partial charge in [0.2, 0.25) is 5.13 Å². The smallest absolute Gasteiger partial charge is 0.333 e. The van der Waals surface area contributed by atoms with Gasteiger partial charge in [-0.1, -0.05) is 23.1 Å². The lowest BCUT2D eigenvalue weighted by Gasteiger charge is -2.10. The first-order valence-corrected chi connectivity index (χ1v) is 6.82. The van der Waals surface area contributed by atoms with Gasteiger partial charge in [-0.25, -0.2) is 4.79 Å². The fourth-order valence-electron chi connectivity index (χ4n) is 0.980. The molecule has 6 nitrogen and oxygen atoms in total. The Hall–Kier alpha value is -0.860. The quantitative estimate of drug-likeness (QED) is 0.750. The molecule has 1 atom stereocenters. The molecular weight excluding hydrogens is 262 g/mol. The highest BCUT2D eigenvalue weighted by Gasteiger charge is 2.18. The van der Waals surface area contributed by atoms with Gasteiger partial charge >= 0.3 is 5.97 Å². The molecule has 96 valence electrons. The summed E-state index contributed by atoms with van der Waals surface area (Å²) < 4.78 is 5.85. The van der Waals surface area contributed by atoms with Crippen molar-refractivity contribution in [3.63, 3.8) is 0 Å². The van der Waals surface area contributed by atoms with Crippen molar-refractivity contribution in [3.8, 4) is 0 Å². The molecule has 1 unspecified atom stereocenters. The molecule has 0 aromatic carbocycles. The van der Waals surface area contributed by atoms with Gasteiger partial charge in [-0.2, -0.15) is 0 Å². The fourth-order valence-corrected chi connectivity index (χ4v) is 2.78. The molecule has 1 aromatic rings. The van der Waals surface area contributed by atoms with Crippen LogP contribution in [0.3, 0.4) is 0 Å². The van der Waals surface area contributed by atoms with Crippen LogP contribution in [0.25, 0.3) is 0 Å². The van der Waals surface area contributed by atoms with Gasteiger partial charge < -0.3 is 14.7 Å². The summed E-state index contributed by atoms with van der Waals surface area (Å²) in [4.78, 5) is 12.7. The van der Waals surface area contributed by atoms with Gasteiger partial charge in [-0.15, -0.1) is 10.2 Å². The van der Waals surface area contributed by atoms with Crippen molar-refractivity contribution in [2.45, 2.75) is 17.4 Å². The van der Waals surface area contributed by atoms with E-state index < -0.39 is 12.1 Å². The van der Waals surface area contributed by atoms with Crippen LogP contribution in [0.1, 0.15) is 6.92 Å². The molecule has 0 saturated heterocycles. The van der Waals surface area contributed by atoms with Crippen molar-refractivity contribution in [3.05, 3.63) is 0 Å². The lowest BCUT2D eigenvalue weighted by Crippen LogP contribution is -2.26. The summed E-state index contributed by atoms with van der Waals surface area (Å²) in [6.45, 7) is 2.16. The Morgan fingerprint density at radius 3 is 2.76 bits per heavy atom. The number of hydrogen-bond acceptors (Lipinski definition) is 7. The highest BCUT2D eigenvalue weighted by molar-refractivity contribution is 8.01. The predicted octanol–water partition coefficient (Wildman–Crippen LogP) is 1.19. The van der Waals surface area contributed by atoms with Crippen LogP contribution in [0, 0.1) is 0 Å². The van der Waals surface area contributed by atoms with Crippen LogP contribution in [0.4, 0.5) is 5.13 Å². The highest BCUT2D eigenvalue weighted by atomic mass is 32.2. The Kier molecular flexibility index (Phi) is 5.66. The second kappa shape index (κ2) is 6.77. The Bertz CT molecular complexity index is 370. The van der Waals surface area contributed by atoms with Gasteiger partial charge in [0, 0.05) is 26.5 Å². The van der Waals surface area contributed by atoms with Crippen LogP contribution < -0.4 is 4.90 Å². The Morgan fingerprint density at radius 2 is 2.29 bits per heavy atom. The van der Waals surface area contributed by atoms with Crippen molar-refractivity contribution in [2.75, 3.05) is 31.4 Å². The summed E-state index contributed by atoms with van der Waals surface area (Å²) >= 11 is 2.78. The van der Waals surface area contributed by atoms with E-state index in [1.807, 2.05) is 19.0 Å². The zero-order chi connectivity index (χ0) is 12.8. The number of ether oxygens (including phenoxy) is 1. The largest absolute Gasteiger partial charge is 0.479 e. The second-order valence-electron chi connectivity index (χ2n) is 3.34. The number of nitrogens with zero attached hydrogens (tertiary/aromatic N) is 3. The van der Waals surface area contributed by atoms with Crippen molar-refractivity contribution in [2.24, 2.45) is 0 Å². The highest BCUT2D eigenvalue weighted by Crippen LogP contribution is 2.27. The minimum absolute atomic E-state index is 0.339. The van der Waals surface area contributed by atoms with Crippen LogP contribution in [0.2, 0.25) is 0 Å². The lowest BCUT2D eigenvalue weighted by molar-refractivity contribution is -0.148. The molecule has 0 amide bonds. The summed E-state index contributed by atoms with van der Waals surface area (Å²) in [5.41, 5.74) is 0. The maximum atomic E-state index is 10.8. The fraction of sp³-hybridized carbons (Fsp3) is 0.667. The first kappa shape index (κ1) is 14.2. The Labute approximate surface area is 108 Å². The first-order chi connectivity index (χ1) is 8.04. The van der Waals surface area contributed by atoms with Gasteiger partial charge in [0.25, 0.3) is 0 Å². The van der Waals surface area contributed by atoms with E-state index in [9.17, 15) is 4.79 Å². The lowest BCUT2D eigenvalue weighted by atomic mass is 10.4. The minimum Gasteiger partial charge on any atom is -0.479 e. The summed E-state index contributed by atoms with van der Waals surface area (Å²) in [5.74, 6) is -0.609. The van der Waals surface area contributed by atoms with E-state index in [-0.39, 0.29) is 0 Å². The second-order valence-corrected chi connectivity index (χ2v) is 5.56. The standard InChI is InChI=1S/C9H15N3O3S2/c1-4-15-6(7(13)14)5-16-9-11-10-8(17-9)12(2)3/h6H,4-5H2,1-3H3,(H,13,14). The minimum atomic E-state index is -0.948. The van der Waals surface area contributed by atoms with Crippen molar-refractivity contribution in [1.29, 1.82) is 0 Å². The van der Waals surface area contributed by atoms with E-state index >= 15 is 0 Å². The number of aliphatic carboxylic acids is 1. The molecule has 1 N–H and O–H groups in total. The number of carbonyl (C=O) groups is 1. The average molecular weight is 277 g/mol. The summed E-state index contributed by atoms with van der Waals surface area (Å²) in [6, 6.07) is 0. The molecular formula is C9H15N3O3S2. The van der Waals surface area contributed by atoms with Gasteiger partial charge in [-0.05, 0) is 6.92 Å². The predicted molar refractivity (Wildman–Crippen MR) is 68.0 cm³/mol. The molecule has 1 rings (SSSR count). The number of carboxylic acid groups (broad SMARTS) is 1. The van der Waals surface area contributed by atoms with Crippen LogP contribution in [-0.4, -0.2) is 53.8 Å². The molecule has 1 heterocycles. The molecule has 0 aliphatic rings. The molecule has 1 aromatic heterocycles. The van der Waals surface area contributed by atoms with E-state index in [1.165, 1.54) is 23.1 Å². The van der Waals surface area contributed by atoms with Gasteiger partial charge in [0.05, 0.1) is 0 Å². The average Bonchev–Trinajstić information content (AvgIpc) is 2.72. The zero-order valence-electron chi connectivity index (χ0n) is 9.91. The monoisotopic (exact) mass is 277 g/mol. The summed E-state index contributed by atoms with van der Waals surface area (Å²) in [7, 11) is 3.77. The third-order valence-corrected chi connectivity index (χ3v) is 4.07. The summed E-state index contributed by atoms with van der Waals surface area (Å²) in [5, 5.41) is 17.6. The SMILES string of the molecule is CCOC(CSc1nnc(N(C)C)s1)C(=O)O. The maximum absolute atomic E-state index is 10.8. The molecule has 0 radical (unpaired) electrons. The number of hydrogen-bond donors (Lipinski definition) is 1. The van der Waals surface area contributed by atoms with Crippen LogP contribution in [0.15, 0.2) is 4.34 Å². The van der Waals surface area contributed by atoms with Crippen molar-refractivity contribution in [1.82, 2.24) is 10.2 Å². The van der Waals surface area contributed by atoms with E-state index in [0.717, 1.165) is 9.47 Å². The van der Waals surface area contributed by atoms with Crippen LogP contribution in [-0.2, 0) is 9.53 Å². The van der Waals surface area contributed by atoms with Gasteiger partial charge in [0.15, 0.2) is 10.4 Å². The van der Waals surface area contributed by atoms with Crippen LogP contribution in [0.5, 0.6) is 0 Å². The topological polar surface area (TPSA) is 75.6 Å². The maximum Gasteiger partial charge on any atom is 0.333 e. The number of rotatable bonds is 7. The first-order valence-electron chi connectivity index (χ1n) is 5.02. The molecule has 8 heteroatoms. The van der Waals surface area contributed by atoms with Crippen molar-refractivity contribution < 1.29 is 14.6 Å². The molecule has 0 aliphatic carbocycles. The molecule has 0 fully saturated rings. The van der Waals surface area contributed by atoms with E-state index in [4.69, 9.17) is 9.84 Å². The van der Waals surface area contributed by atoms with E-state index in [2.05, 4.69) is 10.2 Å². The normalized spacial score (nSPS) is 12.4. The van der Waals surface area contributed by atoms with Crippen LogP contribution >= 0.6 is 23.1 Å². The number of thioether (sulfide) groups is 1. The van der Waals surface area contributed by atoms with E-state index in [0.29, 0.717) is 12.4 Å². The molecule has 0 aliphatic heterocycles. The molecule has 0 saturated carbocycles. The number of anilines is 1. The number of carboxylic acids is 1. The third-order valence-electron chi connectivity index (χ3n) is 1.78. The Morgan fingerprint density at radius 1 is 1.59 bits per heavy atom. The van der Waals surface area contributed by atoms with Gasteiger partial charge in [-0.3, -0.25) is 0 Å². The van der Waals surface area contributed by atoms with E-state index in [1.54, 1.807) is 6.92 Å². The van der Waals surface area contributed by atoms with Gasteiger partial charge in [0.1, 0.15) is 0 Å². The summed E-state index contributed by atoms with van der Waals surface area (Å²) in [6.07, 6.45) is -0.795. The zero-order valence-corrected chi connectivity index (χ0v) is 11.5. The Balaban J connectivity index is 2.50. The molecule has 0 spiro atoms. The molecule has 17 heavy (non-hydrogen) atoms. The number of aromatic nitrogens is 2. The third kappa shape index (κ3) is 4.49. The van der Waals surface area contributed by atoms with Crippen molar-refractivity contribution >= 4 is 34.2 Å². The molecule has 0 bridgehead atoms.